The molecule has 0 N–H and O–H groups in total. The minimum absolute atomic E-state index is 0.115. The first-order valence-corrected chi connectivity index (χ1v) is 12.4. The van der Waals surface area contributed by atoms with Crippen molar-refractivity contribution in [3.8, 4) is 0 Å². The smallest absolute Gasteiger partial charge is 0.0914 e. The maximum atomic E-state index is 6.27. The first-order chi connectivity index (χ1) is 13.1. The van der Waals surface area contributed by atoms with Crippen molar-refractivity contribution in [3.05, 3.63) is 0 Å². The highest BCUT2D eigenvalue weighted by atomic mass is 16.5. The van der Waals surface area contributed by atoms with Gasteiger partial charge in [0.1, 0.15) is 0 Å². The van der Waals surface area contributed by atoms with Crippen molar-refractivity contribution in [1.82, 2.24) is 0 Å². The van der Waals surface area contributed by atoms with Crippen LogP contribution in [0.1, 0.15) is 137 Å². The van der Waals surface area contributed by atoms with Crippen LogP contribution < -0.4 is 0 Å². The van der Waals surface area contributed by atoms with Crippen molar-refractivity contribution in [2.75, 3.05) is 13.2 Å². The number of ether oxygens (including phenoxy) is 2. The van der Waals surface area contributed by atoms with Crippen LogP contribution in [0.25, 0.3) is 0 Å². The molecule has 0 aromatic rings. The Balaban J connectivity index is 4.24. The van der Waals surface area contributed by atoms with E-state index < -0.39 is 0 Å². The van der Waals surface area contributed by atoms with Crippen LogP contribution in [-0.4, -0.2) is 24.9 Å². The molecule has 0 aromatic heterocycles. The van der Waals surface area contributed by atoms with Gasteiger partial charge in [-0.2, -0.15) is 0 Å². The molecular weight excluding hydrogens is 332 g/mol. The summed E-state index contributed by atoms with van der Waals surface area (Å²) in [6.45, 7) is 12.7. The quantitative estimate of drug-likeness (QED) is 0.185. The second-order valence-electron chi connectivity index (χ2n) is 8.47. The molecule has 0 saturated heterocycles. The van der Waals surface area contributed by atoms with Crippen LogP contribution in [0.3, 0.4) is 0 Å². The molecule has 0 rings (SSSR count). The fourth-order valence-corrected chi connectivity index (χ4v) is 4.14. The molecule has 2 atom stereocenters. The van der Waals surface area contributed by atoms with E-state index in [0.29, 0.717) is 0 Å². The summed E-state index contributed by atoms with van der Waals surface area (Å²) in [7, 11) is 0. The molecule has 0 radical (unpaired) electrons. The van der Waals surface area contributed by atoms with Gasteiger partial charge in [-0.25, -0.2) is 0 Å². The number of hydrogen-bond acceptors (Lipinski definition) is 2. The summed E-state index contributed by atoms with van der Waals surface area (Å²) in [5.74, 6) is 0. The maximum Gasteiger partial charge on any atom is 0.0914 e. The van der Waals surface area contributed by atoms with Gasteiger partial charge in [0, 0.05) is 13.2 Å². The Morgan fingerprint density at radius 2 is 1.07 bits per heavy atom. The van der Waals surface area contributed by atoms with Crippen molar-refractivity contribution in [2.24, 2.45) is 0 Å². The van der Waals surface area contributed by atoms with Gasteiger partial charge in [0.05, 0.1) is 11.7 Å². The van der Waals surface area contributed by atoms with E-state index in [2.05, 4.69) is 34.6 Å². The van der Waals surface area contributed by atoms with Crippen LogP contribution in [0.5, 0.6) is 0 Å². The van der Waals surface area contributed by atoms with Crippen molar-refractivity contribution in [3.63, 3.8) is 0 Å². The molecule has 2 heteroatoms. The minimum Gasteiger partial charge on any atom is -0.376 e. The van der Waals surface area contributed by atoms with Gasteiger partial charge in [-0.1, -0.05) is 104 Å². The Kier molecular flexibility index (Phi) is 19.2. The Morgan fingerprint density at radius 1 is 0.593 bits per heavy atom. The van der Waals surface area contributed by atoms with Gasteiger partial charge in [0.15, 0.2) is 0 Å². The van der Waals surface area contributed by atoms with Crippen LogP contribution in [0, 0.1) is 0 Å². The van der Waals surface area contributed by atoms with Gasteiger partial charge >= 0.3 is 0 Å². The predicted molar refractivity (Wildman–Crippen MR) is 121 cm³/mol. The SMILES string of the molecule is CCCCCCCCCCC(C)(OCC)C(CCCCCCCC)OCC. The van der Waals surface area contributed by atoms with Crippen LogP contribution >= 0.6 is 0 Å². The molecule has 0 fully saturated rings. The molecular formula is C25H52O2. The molecule has 2 nitrogen and oxygen atoms in total. The van der Waals surface area contributed by atoms with Gasteiger partial charge in [0.2, 0.25) is 0 Å². The molecule has 0 aliphatic heterocycles. The number of unbranched alkanes of at least 4 members (excludes halogenated alkanes) is 12. The van der Waals surface area contributed by atoms with Crippen LogP contribution in [0.2, 0.25) is 0 Å². The summed E-state index contributed by atoms with van der Waals surface area (Å²) in [6, 6.07) is 0. The first kappa shape index (κ1) is 26.9. The minimum atomic E-state index is -0.115. The van der Waals surface area contributed by atoms with Gasteiger partial charge in [0.25, 0.3) is 0 Å². The zero-order valence-corrected chi connectivity index (χ0v) is 19.6. The summed E-state index contributed by atoms with van der Waals surface area (Å²) < 4.78 is 12.5. The molecule has 0 aromatic carbocycles. The van der Waals surface area contributed by atoms with Gasteiger partial charge in [-0.05, 0) is 33.6 Å². The largest absolute Gasteiger partial charge is 0.376 e. The van der Waals surface area contributed by atoms with Crippen molar-refractivity contribution in [2.45, 2.75) is 149 Å². The monoisotopic (exact) mass is 384 g/mol. The summed E-state index contributed by atoms with van der Waals surface area (Å²) in [5.41, 5.74) is -0.115. The van der Waals surface area contributed by atoms with E-state index in [-0.39, 0.29) is 11.7 Å². The third-order valence-electron chi connectivity index (χ3n) is 5.87. The second kappa shape index (κ2) is 19.2. The molecule has 0 heterocycles. The molecule has 164 valence electrons. The van der Waals surface area contributed by atoms with E-state index in [0.717, 1.165) is 26.1 Å². The highest BCUT2D eigenvalue weighted by Gasteiger charge is 2.34. The maximum absolute atomic E-state index is 6.27. The van der Waals surface area contributed by atoms with Crippen molar-refractivity contribution < 1.29 is 9.47 Å². The Labute approximate surface area is 172 Å². The average Bonchev–Trinajstić information content (AvgIpc) is 2.66. The normalized spacial score (nSPS) is 15.0. The van der Waals surface area contributed by atoms with E-state index >= 15 is 0 Å². The van der Waals surface area contributed by atoms with Crippen LogP contribution in [0.15, 0.2) is 0 Å². The summed E-state index contributed by atoms with van der Waals surface area (Å²) in [5, 5.41) is 0. The Bertz CT molecular complexity index is 292. The topological polar surface area (TPSA) is 18.5 Å². The van der Waals surface area contributed by atoms with E-state index in [4.69, 9.17) is 9.47 Å². The standard InChI is InChI=1S/C25H52O2/c1-6-10-12-14-16-17-19-21-23-25(5,27-9-4)24(26-8-3)22-20-18-15-13-11-7-2/h24H,6-23H2,1-5H3. The van der Waals surface area contributed by atoms with E-state index in [1.807, 2.05) is 0 Å². The summed E-state index contributed by atoms with van der Waals surface area (Å²) >= 11 is 0. The summed E-state index contributed by atoms with van der Waals surface area (Å²) in [4.78, 5) is 0. The highest BCUT2D eigenvalue weighted by Crippen LogP contribution is 2.30. The van der Waals surface area contributed by atoms with Crippen LogP contribution in [0.4, 0.5) is 0 Å². The lowest BCUT2D eigenvalue weighted by molar-refractivity contribution is -0.140. The van der Waals surface area contributed by atoms with E-state index in [1.165, 1.54) is 89.9 Å². The molecule has 27 heavy (non-hydrogen) atoms. The molecule has 2 unspecified atom stereocenters. The molecule has 0 saturated carbocycles. The lowest BCUT2D eigenvalue weighted by atomic mass is 9.88. The molecule has 0 aliphatic carbocycles. The van der Waals surface area contributed by atoms with Crippen molar-refractivity contribution in [1.29, 1.82) is 0 Å². The number of hydrogen-bond donors (Lipinski definition) is 0. The lowest BCUT2D eigenvalue weighted by Crippen LogP contribution is -2.44. The van der Waals surface area contributed by atoms with Gasteiger partial charge < -0.3 is 9.47 Å². The summed E-state index contributed by atoms with van der Waals surface area (Å²) in [6.07, 6.45) is 21.5. The first-order valence-electron chi connectivity index (χ1n) is 12.4. The van der Waals surface area contributed by atoms with Crippen molar-refractivity contribution >= 4 is 0 Å². The number of rotatable bonds is 21. The zero-order chi connectivity index (χ0) is 20.2. The lowest BCUT2D eigenvalue weighted by Gasteiger charge is -2.37. The third-order valence-corrected chi connectivity index (χ3v) is 5.87. The van der Waals surface area contributed by atoms with Gasteiger partial charge in [-0.3, -0.25) is 0 Å². The van der Waals surface area contributed by atoms with Gasteiger partial charge in [-0.15, -0.1) is 0 Å². The average molecular weight is 385 g/mol. The van der Waals surface area contributed by atoms with E-state index in [9.17, 15) is 0 Å². The Morgan fingerprint density at radius 3 is 1.56 bits per heavy atom. The molecule has 0 bridgehead atoms. The molecule has 0 aliphatic rings. The fraction of sp³-hybridized carbons (Fsp3) is 1.00. The fourth-order valence-electron chi connectivity index (χ4n) is 4.14. The molecule has 0 amide bonds. The highest BCUT2D eigenvalue weighted by molar-refractivity contribution is 4.85. The molecule has 0 spiro atoms. The second-order valence-corrected chi connectivity index (χ2v) is 8.47. The third kappa shape index (κ3) is 14.6. The predicted octanol–water partition coefficient (Wildman–Crippen LogP) is 8.47. The van der Waals surface area contributed by atoms with Crippen LogP contribution in [-0.2, 0) is 9.47 Å². The Hall–Kier alpha value is -0.0800. The zero-order valence-electron chi connectivity index (χ0n) is 19.6. The van der Waals surface area contributed by atoms with E-state index in [1.54, 1.807) is 0 Å².